The second kappa shape index (κ2) is 8.84. The highest BCUT2D eigenvalue weighted by atomic mass is 32.2. The van der Waals surface area contributed by atoms with E-state index in [4.69, 9.17) is 4.74 Å². The van der Waals surface area contributed by atoms with E-state index in [2.05, 4.69) is 5.32 Å². The number of sulfonamides is 1. The number of fused-ring (bicyclic) bond motifs is 1. The summed E-state index contributed by atoms with van der Waals surface area (Å²) in [6, 6.07) is 17.9. The number of nitrogens with one attached hydrogen (secondary N) is 1. The number of carbonyl (C=O) groups excluding carboxylic acids is 2. The van der Waals surface area contributed by atoms with E-state index in [1.54, 1.807) is 42.5 Å². The first-order valence-corrected chi connectivity index (χ1v) is 11.7. The number of hydrogen-bond donors (Lipinski definition) is 1. The molecule has 1 aliphatic rings. The van der Waals surface area contributed by atoms with Gasteiger partial charge in [-0.25, -0.2) is 13.2 Å². The van der Waals surface area contributed by atoms with Gasteiger partial charge in [0.15, 0.2) is 0 Å². The van der Waals surface area contributed by atoms with Crippen LogP contribution in [-0.4, -0.2) is 39.7 Å². The predicted octanol–water partition coefficient (Wildman–Crippen LogP) is 3.82. The normalized spacial score (nSPS) is 15.2. The Balaban J connectivity index is 1.51. The van der Waals surface area contributed by atoms with E-state index >= 15 is 0 Å². The summed E-state index contributed by atoms with van der Waals surface area (Å²) in [7, 11) is -1.94. The minimum atomic E-state index is -3.23. The van der Waals surface area contributed by atoms with Gasteiger partial charge in [-0.05, 0) is 53.1 Å². The largest absolute Gasteiger partial charge is 0.465 e. The van der Waals surface area contributed by atoms with E-state index in [1.165, 1.54) is 17.5 Å². The molecule has 1 N–H and O–H groups in total. The number of esters is 1. The second-order valence-corrected chi connectivity index (χ2v) is 9.41. The SMILES string of the molecule is COC(=O)c1cc2ccccc2cc1NC(=O)/C=C/c1ccc(N2CCCS2(=O)=O)cc1. The molecule has 1 fully saturated rings. The number of nitrogens with zero attached hydrogens (tertiary/aromatic N) is 1. The summed E-state index contributed by atoms with van der Waals surface area (Å²) in [5.74, 6) is -0.781. The van der Waals surface area contributed by atoms with Crippen LogP contribution in [0.2, 0.25) is 0 Å². The molecule has 32 heavy (non-hydrogen) atoms. The molecule has 0 spiro atoms. The lowest BCUT2D eigenvalue weighted by molar-refractivity contribution is -0.111. The molecular weight excluding hydrogens is 428 g/mol. The number of ether oxygens (including phenoxy) is 1. The summed E-state index contributed by atoms with van der Waals surface area (Å²) >= 11 is 0. The van der Waals surface area contributed by atoms with Gasteiger partial charge in [0, 0.05) is 12.6 Å². The third-order valence-corrected chi connectivity index (χ3v) is 7.13. The minimum absolute atomic E-state index is 0.164. The fourth-order valence-electron chi connectivity index (χ4n) is 3.65. The molecule has 3 aromatic carbocycles. The van der Waals surface area contributed by atoms with E-state index in [9.17, 15) is 18.0 Å². The van der Waals surface area contributed by atoms with E-state index in [-0.39, 0.29) is 11.3 Å². The molecule has 0 radical (unpaired) electrons. The Morgan fingerprint density at radius 1 is 1.03 bits per heavy atom. The molecule has 7 nitrogen and oxygen atoms in total. The van der Waals surface area contributed by atoms with Crippen molar-refractivity contribution in [3.63, 3.8) is 0 Å². The van der Waals surface area contributed by atoms with Gasteiger partial charge in [0.25, 0.3) is 0 Å². The highest BCUT2D eigenvalue weighted by molar-refractivity contribution is 7.93. The summed E-state index contributed by atoms with van der Waals surface area (Å²) in [6.07, 6.45) is 3.60. The number of benzene rings is 3. The highest BCUT2D eigenvalue weighted by Gasteiger charge is 2.28. The third kappa shape index (κ3) is 4.50. The zero-order valence-corrected chi connectivity index (χ0v) is 18.3. The Kier molecular flexibility index (Phi) is 5.96. The van der Waals surface area contributed by atoms with Crippen molar-refractivity contribution in [2.45, 2.75) is 6.42 Å². The number of carbonyl (C=O) groups is 2. The van der Waals surface area contributed by atoms with Crippen molar-refractivity contribution in [2.24, 2.45) is 0 Å². The Bertz CT molecular complexity index is 1310. The Morgan fingerprint density at radius 2 is 1.72 bits per heavy atom. The minimum Gasteiger partial charge on any atom is -0.465 e. The third-order valence-electron chi connectivity index (χ3n) is 5.26. The van der Waals surface area contributed by atoms with Crippen LogP contribution < -0.4 is 9.62 Å². The molecule has 1 aliphatic heterocycles. The molecule has 164 valence electrons. The summed E-state index contributed by atoms with van der Waals surface area (Å²) in [5, 5.41) is 4.48. The molecule has 0 atom stereocenters. The molecular formula is C24H22N2O5S. The zero-order chi connectivity index (χ0) is 22.7. The molecule has 8 heteroatoms. The molecule has 3 aromatic rings. The van der Waals surface area contributed by atoms with Crippen molar-refractivity contribution < 1.29 is 22.7 Å². The van der Waals surface area contributed by atoms with Crippen molar-refractivity contribution in [1.29, 1.82) is 0 Å². The summed E-state index contributed by atoms with van der Waals surface area (Å²) in [5.41, 5.74) is 1.99. The Hall–Kier alpha value is -3.65. The second-order valence-electron chi connectivity index (χ2n) is 7.39. The van der Waals surface area contributed by atoms with Gasteiger partial charge in [-0.2, -0.15) is 0 Å². The molecule has 0 bridgehead atoms. The van der Waals surface area contributed by atoms with Crippen LogP contribution >= 0.6 is 0 Å². The zero-order valence-electron chi connectivity index (χ0n) is 17.4. The molecule has 0 aromatic heterocycles. The fourth-order valence-corrected chi connectivity index (χ4v) is 5.21. The van der Waals surface area contributed by atoms with E-state index in [0.29, 0.717) is 24.3 Å². The van der Waals surface area contributed by atoms with Gasteiger partial charge >= 0.3 is 5.97 Å². The van der Waals surface area contributed by atoms with Gasteiger partial charge in [0.2, 0.25) is 15.9 Å². The maximum atomic E-state index is 12.5. The maximum absolute atomic E-state index is 12.5. The highest BCUT2D eigenvalue weighted by Crippen LogP contribution is 2.26. The Morgan fingerprint density at radius 3 is 2.34 bits per heavy atom. The van der Waals surface area contributed by atoms with Crippen LogP contribution in [0.4, 0.5) is 11.4 Å². The number of hydrogen-bond acceptors (Lipinski definition) is 5. The lowest BCUT2D eigenvalue weighted by Crippen LogP contribution is -2.24. The number of amides is 1. The maximum Gasteiger partial charge on any atom is 0.339 e. The topological polar surface area (TPSA) is 92.8 Å². The van der Waals surface area contributed by atoms with Crippen LogP contribution in [0.3, 0.4) is 0 Å². The van der Waals surface area contributed by atoms with Gasteiger partial charge in [-0.15, -0.1) is 0 Å². The monoisotopic (exact) mass is 450 g/mol. The molecule has 0 unspecified atom stereocenters. The van der Waals surface area contributed by atoms with Crippen molar-refractivity contribution >= 4 is 50.1 Å². The number of methoxy groups -OCH3 is 1. The van der Waals surface area contributed by atoms with Crippen molar-refractivity contribution in [1.82, 2.24) is 0 Å². The smallest absolute Gasteiger partial charge is 0.339 e. The van der Waals surface area contributed by atoms with Crippen LogP contribution in [0.15, 0.2) is 66.7 Å². The predicted molar refractivity (Wildman–Crippen MR) is 125 cm³/mol. The average Bonchev–Trinajstić information content (AvgIpc) is 3.16. The Labute approximate surface area is 186 Å². The van der Waals surface area contributed by atoms with Gasteiger partial charge in [0.05, 0.1) is 29.8 Å². The van der Waals surface area contributed by atoms with Crippen LogP contribution in [0.1, 0.15) is 22.3 Å². The average molecular weight is 451 g/mol. The van der Waals surface area contributed by atoms with Crippen LogP contribution in [0, 0.1) is 0 Å². The summed E-state index contributed by atoms with van der Waals surface area (Å²) in [4.78, 5) is 24.7. The molecule has 1 amide bonds. The van der Waals surface area contributed by atoms with Crippen molar-refractivity contribution in [3.05, 3.63) is 77.9 Å². The van der Waals surface area contributed by atoms with Crippen LogP contribution in [0.5, 0.6) is 0 Å². The molecule has 0 aliphatic carbocycles. The molecule has 1 saturated heterocycles. The molecule has 4 rings (SSSR count). The first-order valence-electron chi connectivity index (χ1n) is 10.1. The van der Waals surface area contributed by atoms with E-state index in [1.807, 2.05) is 24.3 Å². The van der Waals surface area contributed by atoms with Crippen molar-refractivity contribution in [2.75, 3.05) is 29.0 Å². The lowest BCUT2D eigenvalue weighted by Gasteiger charge is -2.16. The first-order chi connectivity index (χ1) is 15.4. The lowest BCUT2D eigenvalue weighted by atomic mass is 10.0. The molecule has 1 heterocycles. The van der Waals surface area contributed by atoms with E-state index < -0.39 is 21.9 Å². The van der Waals surface area contributed by atoms with Gasteiger partial charge in [-0.3, -0.25) is 9.10 Å². The molecule has 0 saturated carbocycles. The number of rotatable bonds is 5. The quantitative estimate of drug-likeness (QED) is 0.471. The van der Waals surface area contributed by atoms with Crippen molar-refractivity contribution in [3.8, 4) is 0 Å². The number of anilines is 2. The first kappa shape index (κ1) is 21.6. The summed E-state index contributed by atoms with van der Waals surface area (Å²) < 4.78 is 30.3. The summed E-state index contributed by atoms with van der Waals surface area (Å²) in [6.45, 7) is 0.480. The van der Waals surface area contributed by atoms with Gasteiger partial charge in [0.1, 0.15) is 0 Å². The van der Waals surface area contributed by atoms with Gasteiger partial charge < -0.3 is 10.1 Å². The van der Waals surface area contributed by atoms with Crippen LogP contribution in [-0.2, 0) is 19.6 Å². The van der Waals surface area contributed by atoms with Crippen LogP contribution in [0.25, 0.3) is 16.8 Å². The standard InChI is InChI=1S/C24H22N2O5S/c1-31-24(28)21-15-18-5-2-3-6-19(18)16-22(21)25-23(27)12-9-17-7-10-20(11-8-17)26-13-4-14-32(26,29)30/h2-3,5-12,15-16H,4,13-14H2,1H3,(H,25,27)/b12-9+. The fraction of sp³-hybridized carbons (Fsp3) is 0.167. The van der Waals surface area contributed by atoms with Gasteiger partial charge in [-0.1, -0.05) is 36.4 Å². The van der Waals surface area contributed by atoms with E-state index in [0.717, 1.165) is 16.3 Å².